The zero-order chi connectivity index (χ0) is 10.2. The van der Waals surface area contributed by atoms with E-state index in [4.69, 9.17) is 0 Å². The fourth-order valence-electron chi connectivity index (χ4n) is 1.89. The first-order valence-electron chi connectivity index (χ1n) is 5.72. The molecule has 80 valence electrons. The zero-order valence-electron chi connectivity index (χ0n) is 9.47. The van der Waals surface area contributed by atoms with Gasteiger partial charge in [0, 0.05) is 12.6 Å². The Labute approximate surface area is 88.1 Å². The number of nitrogens with zero attached hydrogens (tertiary/aromatic N) is 1. The van der Waals surface area contributed by atoms with Gasteiger partial charge < -0.3 is 5.32 Å². The molecule has 14 heavy (non-hydrogen) atoms. The molecule has 0 aromatic heterocycles. The van der Waals surface area contributed by atoms with Gasteiger partial charge in [0.1, 0.15) is 0 Å². The van der Waals surface area contributed by atoms with E-state index in [2.05, 4.69) is 29.0 Å². The number of rotatable bonds is 4. The first-order chi connectivity index (χ1) is 6.86. The van der Waals surface area contributed by atoms with Crippen LogP contribution in [0.4, 0.5) is 0 Å². The van der Waals surface area contributed by atoms with Crippen LogP contribution < -0.4 is 5.32 Å². The summed E-state index contributed by atoms with van der Waals surface area (Å²) in [7, 11) is 0. The molecular weight excluding hydrogens is 172 g/mol. The summed E-state index contributed by atoms with van der Waals surface area (Å²) in [6.45, 7) is 8.50. The van der Waals surface area contributed by atoms with Crippen molar-refractivity contribution in [1.29, 1.82) is 0 Å². The minimum atomic E-state index is 0.697. The second-order valence-electron chi connectivity index (χ2n) is 3.90. The second kappa shape index (κ2) is 6.86. The maximum atomic E-state index is 3.57. The molecular formula is C12H22N2. The van der Waals surface area contributed by atoms with Crippen LogP contribution in [-0.2, 0) is 0 Å². The smallest absolute Gasteiger partial charge is 0.0601 e. The van der Waals surface area contributed by atoms with Crippen molar-refractivity contribution in [3.8, 4) is 11.8 Å². The largest absolute Gasteiger partial charge is 0.313 e. The topological polar surface area (TPSA) is 15.3 Å². The Morgan fingerprint density at radius 2 is 2.29 bits per heavy atom. The van der Waals surface area contributed by atoms with E-state index in [1.165, 1.54) is 25.8 Å². The quantitative estimate of drug-likeness (QED) is 0.682. The predicted molar refractivity (Wildman–Crippen MR) is 61.2 cm³/mol. The molecule has 1 aliphatic heterocycles. The fraction of sp³-hybridized carbons (Fsp3) is 0.833. The van der Waals surface area contributed by atoms with Crippen LogP contribution in [0.15, 0.2) is 0 Å². The third kappa shape index (κ3) is 4.13. The summed E-state index contributed by atoms with van der Waals surface area (Å²) >= 11 is 0. The van der Waals surface area contributed by atoms with Crippen LogP contribution in [0.2, 0.25) is 0 Å². The molecule has 0 saturated carbocycles. The molecule has 1 atom stereocenters. The van der Waals surface area contributed by atoms with Crippen molar-refractivity contribution >= 4 is 0 Å². The maximum absolute atomic E-state index is 3.57. The normalized spacial score (nSPS) is 21.8. The van der Waals surface area contributed by atoms with Crippen molar-refractivity contribution in [3.05, 3.63) is 0 Å². The van der Waals surface area contributed by atoms with Crippen molar-refractivity contribution in [3.63, 3.8) is 0 Å². The Morgan fingerprint density at radius 3 is 2.86 bits per heavy atom. The van der Waals surface area contributed by atoms with Gasteiger partial charge in [0.2, 0.25) is 0 Å². The van der Waals surface area contributed by atoms with E-state index in [-0.39, 0.29) is 0 Å². The Morgan fingerprint density at radius 1 is 1.43 bits per heavy atom. The molecule has 1 fully saturated rings. The van der Waals surface area contributed by atoms with Gasteiger partial charge in [0.05, 0.1) is 6.54 Å². The lowest BCUT2D eigenvalue weighted by molar-refractivity contribution is 0.255. The molecule has 0 bridgehead atoms. The summed E-state index contributed by atoms with van der Waals surface area (Å²) < 4.78 is 0. The summed E-state index contributed by atoms with van der Waals surface area (Å²) in [6.07, 6.45) is 4.06. The third-order valence-corrected chi connectivity index (χ3v) is 2.82. The fourth-order valence-corrected chi connectivity index (χ4v) is 1.89. The Bertz CT molecular complexity index is 196. The summed E-state index contributed by atoms with van der Waals surface area (Å²) in [4.78, 5) is 2.42. The molecule has 0 aliphatic carbocycles. The molecule has 0 spiro atoms. The van der Waals surface area contributed by atoms with E-state index in [9.17, 15) is 0 Å². The SMILES string of the molecule is CC#CCN(CC)CC1CCCCN1. The molecule has 1 aliphatic rings. The van der Waals surface area contributed by atoms with Crippen LogP contribution in [-0.4, -0.2) is 37.1 Å². The minimum absolute atomic E-state index is 0.697. The van der Waals surface area contributed by atoms with Crippen LogP contribution in [0.3, 0.4) is 0 Å². The summed E-state index contributed by atoms with van der Waals surface area (Å²) in [5.41, 5.74) is 0. The van der Waals surface area contributed by atoms with Gasteiger partial charge in [0.25, 0.3) is 0 Å². The van der Waals surface area contributed by atoms with Gasteiger partial charge >= 0.3 is 0 Å². The van der Waals surface area contributed by atoms with Crippen LogP contribution in [0.25, 0.3) is 0 Å². The summed E-state index contributed by atoms with van der Waals surface area (Å²) in [5, 5.41) is 3.57. The van der Waals surface area contributed by atoms with Gasteiger partial charge in [-0.25, -0.2) is 0 Å². The molecule has 0 radical (unpaired) electrons. The molecule has 0 aromatic carbocycles. The number of hydrogen-bond donors (Lipinski definition) is 1. The summed E-state index contributed by atoms with van der Waals surface area (Å²) in [6, 6.07) is 0.697. The molecule has 2 nitrogen and oxygen atoms in total. The molecule has 1 heterocycles. The Kier molecular flexibility index (Phi) is 5.66. The highest BCUT2D eigenvalue weighted by molar-refractivity contribution is 4.98. The van der Waals surface area contributed by atoms with E-state index < -0.39 is 0 Å². The number of likely N-dealkylation sites (N-methyl/N-ethyl adjacent to an activating group) is 1. The monoisotopic (exact) mass is 194 g/mol. The number of piperidine rings is 1. The third-order valence-electron chi connectivity index (χ3n) is 2.82. The number of hydrogen-bond acceptors (Lipinski definition) is 2. The van der Waals surface area contributed by atoms with Crippen molar-refractivity contribution in [1.82, 2.24) is 10.2 Å². The molecule has 1 N–H and O–H groups in total. The first-order valence-corrected chi connectivity index (χ1v) is 5.72. The lowest BCUT2D eigenvalue weighted by Crippen LogP contribution is -2.43. The number of nitrogens with one attached hydrogen (secondary N) is 1. The average molecular weight is 194 g/mol. The maximum Gasteiger partial charge on any atom is 0.0601 e. The van der Waals surface area contributed by atoms with Gasteiger partial charge in [0.15, 0.2) is 0 Å². The van der Waals surface area contributed by atoms with Crippen LogP contribution in [0.5, 0.6) is 0 Å². The van der Waals surface area contributed by atoms with E-state index in [0.29, 0.717) is 6.04 Å². The zero-order valence-corrected chi connectivity index (χ0v) is 9.47. The minimum Gasteiger partial charge on any atom is -0.313 e. The van der Waals surface area contributed by atoms with E-state index in [0.717, 1.165) is 19.6 Å². The highest BCUT2D eigenvalue weighted by Crippen LogP contribution is 2.08. The van der Waals surface area contributed by atoms with Gasteiger partial charge in [-0.2, -0.15) is 0 Å². The van der Waals surface area contributed by atoms with Crippen LogP contribution >= 0.6 is 0 Å². The Hall–Kier alpha value is -0.520. The molecule has 1 rings (SSSR count). The van der Waals surface area contributed by atoms with Gasteiger partial charge in [-0.1, -0.05) is 19.3 Å². The van der Waals surface area contributed by atoms with Crippen molar-refractivity contribution in [2.24, 2.45) is 0 Å². The van der Waals surface area contributed by atoms with Gasteiger partial charge in [-0.15, -0.1) is 5.92 Å². The first kappa shape index (κ1) is 11.6. The highest BCUT2D eigenvalue weighted by atomic mass is 15.1. The Balaban J connectivity index is 2.25. The van der Waals surface area contributed by atoms with Crippen molar-refractivity contribution in [2.75, 3.05) is 26.2 Å². The molecule has 1 unspecified atom stereocenters. The standard InChI is InChI=1S/C12H22N2/c1-3-5-10-14(4-2)11-12-8-6-7-9-13-12/h12-13H,4,6-11H2,1-2H3. The van der Waals surface area contributed by atoms with Gasteiger partial charge in [-0.05, 0) is 32.9 Å². The van der Waals surface area contributed by atoms with Gasteiger partial charge in [-0.3, -0.25) is 4.90 Å². The molecule has 2 heteroatoms. The average Bonchev–Trinajstić information content (AvgIpc) is 2.25. The summed E-state index contributed by atoms with van der Waals surface area (Å²) in [5.74, 6) is 6.09. The van der Waals surface area contributed by atoms with E-state index in [1.54, 1.807) is 0 Å². The predicted octanol–water partition coefficient (Wildman–Crippen LogP) is 1.47. The highest BCUT2D eigenvalue weighted by Gasteiger charge is 2.14. The molecule has 1 saturated heterocycles. The van der Waals surface area contributed by atoms with Crippen molar-refractivity contribution in [2.45, 2.75) is 39.2 Å². The van der Waals surface area contributed by atoms with Crippen molar-refractivity contribution < 1.29 is 0 Å². The lowest BCUT2D eigenvalue weighted by atomic mass is 10.0. The van der Waals surface area contributed by atoms with Crippen LogP contribution in [0, 0.1) is 11.8 Å². The van der Waals surface area contributed by atoms with Crippen LogP contribution in [0.1, 0.15) is 33.1 Å². The second-order valence-corrected chi connectivity index (χ2v) is 3.90. The lowest BCUT2D eigenvalue weighted by Gasteiger charge is -2.28. The van der Waals surface area contributed by atoms with E-state index >= 15 is 0 Å². The molecule has 0 amide bonds. The molecule has 0 aromatic rings. The van der Waals surface area contributed by atoms with E-state index in [1.807, 2.05) is 6.92 Å².